The predicted molar refractivity (Wildman–Crippen MR) is 104 cm³/mol. The van der Waals surface area contributed by atoms with Gasteiger partial charge < -0.3 is 29.4 Å². The van der Waals surface area contributed by atoms with Crippen molar-refractivity contribution in [1.29, 1.82) is 0 Å². The summed E-state index contributed by atoms with van der Waals surface area (Å²) in [6, 6.07) is 8.64. The molecule has 2 N–H and O–H groups in total. The van der Waals surface area contributed by atoms with Crippen molar-refractivity contribution in [2.45, 2.75) is 53.9 Å². The summed E-state index contributed by atoms with van der Waals surface area (Å²) in [6.07, 6.45) is -3.50. The fourth-order valence-corrected chi connectivity index (χ4v) is 3.50. The number of hydrogen-bond acceptors (Lipinski definition) is 6. The number of aliphatic hydroxyl groups is 1. The van der Waals surface area contributed by atoms with E-state index in [1.54, 1.807) is 0 Å². The highest BCUT2D eigenvalue weighted by atomic mass is 35.6. The normalized spacial score (nSPS) is 33.0. The van der Waals surface area contributed by atoms with Crippen LogP contribution in [0.15, 0.2) is 30.3 Å². The molecule has 3 rings (SSSR count). The van der Waals surface area contributed by atoms with Crippen molar-refractivity contribution in [1.82, 2.24) is 5.32 Å². The zero-order valence-electron chi connectivity index (χ0n) is 15.1. The first-order valence-electron chi connectivity index (χ1n) is 8.94. The SMILES string of the molecule is CC[C@@H]1OC2COC(c3ccccc3)O[C@H]2[C@H](O)C1NC(=O)OCC(Cl)(Cl)Cl. The Balaban J connectivity index is 1.67. The number of carbonyl (C=O) groups excluding carboxylic acids is 1. The molecule has 0 aliphatic carbocycles. The maximum atomic E-state index is 12.1. The maximum Gasteiger partial charge on any atom is 0.407 e. The molecule has 0 bridgehead atoms. The number of carbonyl (C=O) groups is 1. The van der Waals surface area contributed by atoms with Gasteiger partial charge in [-0.2, -0.15) is 0 Å². The van der Waals surface area contributed by atoms with E-state index >= 15 is 0 Å². The van der Waals surface area contributed by atoms with Crippen molar-refractivity contribution < 1.29 is 28.8 Å². The van der Waals surface area contributed by atoms with Crippen LogP contribution in [0.3, 0.4) is 0 Å². The molecule has 0 saturated carbocycles. The molecule has 2 saturated heterocycles. The Morgan fingerprint density at radius 2 is 2.00 bits per heavy atom. The number of rotatable bonds is 4. The number of nitrogens with one attached hydrogen (secondary N) is 1. The van der Waals surface area contributed by atoms with Crippen LogP contribution in [0.5, 0.6) is 0 Å². The molecular formula is C18H22Cl3NO6. The molecule has 7 nitrogen and oxygen atoms in total. The Kier molecular flexibility index (Phi) is 7.31. The first kappa shape index (κ1) is 21.9. The van der Waals surface area contributed by atoms with Gasteiger partial charge in [-0.25, -0.2) is 4.79 Å². The quantitative estimate of drug-likeness (QED) is 0.680. The summed E-state index contributed by atoms with van der Waals surface area (Å²) in [5.41, 5.74) is 0.831. The van der Waals surface area contributed by atoms with Crippen LogP contribution in [0.1, 0.15) is 25.2 Å². The summed E-state index contributed by atoms with van der Waals surface area (Å²) in [5.74, 6) is 0. The number of aliphatic hydroxyl groups excluding tert-OH is 1. The number of halogens is 3. The molecule has 10 heteroatoms. The number of fused-ring (bicyclic) bond motifs is 1. The lowest BCUT2D eigenvalue weighted by molar-refractivity contribution is -0.314. The van der Waals surface area contributed by atoms with Gasteiger partial charge in [-0.1, -0.05) is 72.1 Å². The Bertz CT molecular complexity index is 658. The van der Waals surface area contributed by atoms with Gasteiger partial charge in [-0.3, -0.25) is 0 Å². The Morgan fingerprint density at radius 1 is 1.29 bits per heavy atom. The van der Waals surface area contributed by atoms with Crippen LogP contribution in [0.4, 0.5) is 4.79 Å². The first-order chi connectivity index (χ1) is 13.3. The van der Waals surface area contributed by atoms with Gasteiger partial charge in [0.1, 0.15) is 24.9 Å². The molecule has 28 heavy (non-hydrogen) atoms. The smallest absolute Gasteiger partial charge is 0.407 e. The Hall–Kier alpha value is -0.800. The highest BCUT2D eigenvalue weighted by Gasteiger charge is 2.49. The minimum Gasteiger partial charge on any atom is -0.445 e. The number of alkyl carbamates (subject to hydrolysis) is 1. The minimum atomic E-state index is -1.72. The lowest BCUT2D eigenvalue weighted by Gasteiger charge is -2.48. The van der Waals surface area contributed by atoms with Crippen molar-refractivity contribution in [2.24, 2.45) is 0 Å². The second kappa shape index (κ2) is 9.34. The molecule has 2 fully saturated rings. The van der Waals surface area contributed by atoms with Crippen LogP contribution in [0, 0.1) is 0 Å². The van der Waals surface area contributed by atoms with Crippen molar-refractivity contribution in [2.75, 3.05) is 13.2 Å². The van der Waals surface area contributed by atoms with E-state index in [0.717, 1.165) is 5.56 Å². The second-order valence-corrected chi connectivity index (χ2v) is 9.17. The number of ether oxygens (including phenoxy) is 4. The van der Waals surface area contributed by atoms with Crippen LogP contribution >= 0.6 is 34.8 Å². The summed E-state index contributed by atoms with van der Waals surface area (Å²) in [7, 11) is 0. The maximum absolute atomic E-state index is 12.1. The highest BCUT2D eigenvalue weighted by Crippen LogP contribution is 2.34. The second-order valence-electron chi connectivity index (χ2n) is 6.65. The van der Waals surface area contributed by atoms with E-state index < -0.39 is 53.2 Å². The lowest BCUT2D eigenvalue weighted by atomic mass is 9.91. The fourth-order valence-electron chi connectivity index (χ4n) is 3.34. The molecule has 2 aliphatic heterocycles. The van der Waals surface area contributed by atoms with Crippen molar-refractivity contribution in [3.8, 4) is 0 Å². The number of alkyl halides is 3. The molecule has 0 radical (unpaired) electrons. The third kappa shape index (κ3) is 5.42. The van der Waals surface area contributed by atoms with Crippen LogP contribution in [-0.2, 0) is 18.9 Å². The van der Waals surface area contributed by atoms with Crippen LogP contribution < -0.4 is 5.32 Å². The fraction of sp³-hybridized carbons (Fsp3) is 0.611. The average molecular weight is 455 g/mol. The van der Waals surface area contributed by atoms with E-state index in [1.165, 1.54) is 0 Å². The van der Waals surface area contributed by atoms with E-state index in [9.17, 15) is 9.90 Å². The van der Waals surface area contributed by atoms with Crippen molar-refractivity contribution >= 4 is 40.9 Å². The van der Waals surface area contributed by atoms with Gasteiger partial charge in [0, 0.05) is 5.56 Å². The monoisotopic (exact) mass is 453 g/mol. The van der Waals surface area contributed by atoms with E-state index in [2.05, 4.69) is 5.32 Å². The van der Waals surface area contributed by atoms with E-state index in [1.807, 2.05) is 37.3 Å². The van der Waals surface area contributed by atoms with Gasteiger partial charge in [-0.05, 0) is 6.42 Å². The molecular weight excluding hydrogens is 433 g/mol. The standard InChI is InChI=1S/C18H22Cl3NO6/c1-2-11-13(22-17(24)26-9-18(19,20)21)14(23)15-12(27-11)8-25-16(28-15)10-6-4-3-5-7-10/h3-7,11-16,23H,2,8-9H2,1H3,(H,22,24)/t11-,12?,13?,14+,15+,16?/m0/s1. The molecule has 1 amide bonds. The molecule has 1 aromatic rings. The molecule has 2 aliphatic rings. The van der Waals surface area contributed by atoms with Gasteiger partial charge >= 0.3 is 6.09 Å². The molecule has 2 heterocycles. The Labute approximate surface area is 178 Å². The van der Waals surface area contributed by atoms with Gasteiger partial charge in [0.2, 0.25) is 3.79 Å². The third-order valence-corrected chi connectivity index (χ3v) is 4.97. The topological polar surface area (TPSA) is 86.3 Å². The largest absolute Gasteiger partial charge is 0.445 e. The number of hydrogen-bond donors (Lipinski definition) is 2. The summed E-state index contributed by atoms with van der Waals surface area (Å²) < 4.78 is 20.9. The van der Waals surface area contributed by atoms with E-state index in [-0.39, 0.29) is 6.61 Å². The molecule has 0 aromatic heterocycles. The zero-order valence-corrected chi connectivity index (χ0v) is 17.4. The molecule has 6 atom stereocenters. The lowest BCUT2D eigenvalue weighted by Crippen LogP contribution is -2.66. The Morgan fingerprint density at radius 3 is 2.64 bits per heavy atom. The van der Waals surface area contributed by atoms with Gasteiger partial charge in [0.05, 0.1) is 18.8 Å². The van der Waals surface area contributed by atoms with Gasteiger partial charge in [0.15, 0.2) is 6.29 Å². The van der Waals surface area contributed by atoms with Crippen LogP contribution in [0.2, 0.25) is 0 Å². The van der Waals surface area contributed by atoms with E-state index in [0.29, 0.717) is 6.42 Å². The van der Waals surface area contributed by atoms with Gasteiger partial charge in [-0.15, -0.1) is 0 Å². The first-order valence-corrected chi connectivity index (χ1v) is 10.1. The summed E-state index contributed by atoms with van der Waals surface area (Å²) in [5, 5.41) is 13.5. The van der Waals surface area contributed by atoms with Crippen molar-refractivity contribution in [3.63, 3.8) is 0 Å². The molecule has 3 unspecified atom stereocenters. The van der Waals surface area contributed by atoms with Crippen molar-refractivity contribution in [3.05, 3.63) is 35.9 Å². The van der Waals surface area contributed by atoms with Crippen LogP contribution in [0.25, 0.3) is 0 Å². The van der Waals surface area contributed by atoms with Gasteiger partial charge in [0.25, 0.3) is 0 Å². The zero-order chi connectivity index (χ0) is 20.3. The molecule has 1 aromatic carbocycles. The third-order valence-electron chi connectivity index (χ3n) is 4.64. The average Bonchev–Trinajstić information content (AvgIpc) is 2.68. The highest BCUT2D eigenvalue weighted by molar-refractivity contribution is 6.67. The van der Waals surface area contributed by atoms with Crippen LogP contribution in [-0.4, -0.2) is 58.7 Å². The summed E-state index contributed by atoms with van der Waals surface area (Å²) in [6.45, 7) is 1.73. The van der Waals surface area contributed by atoms with E-state index in [4.69, 9.17) is 53.8 Å². The summed E-state index contributed by atoms with van der Waals surface area (Å²) >= 11 is 16.8. The summed E-state index contributed by atoms with van der Waals surface area (Å²) in [4.78, 5) is 12.1. The predicted octanol–water partition coefficient (Wildman–Crippen LogP) is 3.10. The number of benzene rings is 1. The number of amides is 1. The molecule has 156 valence electrons. The minimum absolute atomic E-state index is 0.266. The molecule has 0 spiro atoms.